The number of carbonyl (C=O) groups excluding carboxylic acids is 1. The topological polar surface area (TPSA) is 120 Å². The number of nitrogens with one attached hydrogen (secondary N) is 1. The molecule has 132 valence electrons. The molecule has 0 aliphatic carbocycles. The Labute approximate surface area is 153 Å². The second-order valence-corrected chi connectivity index (χ2v) is 7.42. The summed E-state index contributed by atoms with van der Waals surface area (Å²) in [6, 6.07) is 0. The lowest BCUT2D eigenvalue weighted by Gasteiger charge is -2.16. The average molecular weight is 368 g/mol. The number of aromatic nitrogens is 4. The van der Waals surface area contributed by atoms with Gasteiger partial charge >= 0.3 is 0 Å². The molecular weight excluding hydrogens is 352 g/mol. The SMILES string of the molecule is CC(C)(C)c1conc1NC(=O)c1cnc(C#Cc2cnc(N)nc2)s1. The third-order valence-corrected chi connectivity index (χ3v) is 4.24. The third kappa shape index (κ3) is 4.04. The molecule has 3 heterocycles. The number of nitrogens with zero attached hydrogens (tertiary/aromatic N) is 4. The smallest absolute Gasteiger partial charge is 0.268 e. The van der Waals surface area contributed by atoms with E-state index >= 15 is 0 Å². The number of carbonyl (C=O) groups is 1. The Bertz CT molecular complexity index is 989. The van der Waals surface area contributed by atoms with Crippen LogP contribution in [0, 0.1) is 11.8 Å². The Balaban J connectivity index is 1.73. The summed E-state index contributed by atoms with van der Waals surface area (Å²) in [5.74, 6) is 6.02. The van der Waals surface area contributed by atoms with Gasteiger partial charge in [0.25, 0.3) is 5.91 Å². The largest absolute Gasteiger partial charge is 0.368 e. The molecule has 0 spiro atoms. The first-order valence-corrected chi connectivity index (χ1v) is 8.46. The zero-order chi connectivity index (χ0) is 18.7. The van der Waals surface area contributed by atoms with Crippen molar-refractivity contribution in [2.24, 2.45) is 0 Å². The van der Waals surface area contributed by atoms with Crippen LogP contribution in [0.1, 0.15) is 46.6 Å². The highest BCUT2D eigenvalue weighted by Gasteiger charge is 2.23. The predicted molar refractivity (Wildman–Crippen MR) is 97.7 cm³/mol. The van der Waals surface area contributed by atoms with E-state index in [4.69, 9.17) is 10.3 Å². The van der Waals surface area contributed by atoms with Crippen LogP contribution in [0.15, 0.2) is 29.4 Å². The summed E-state index contributed by atoms with van der Waals surface area (Å²) in [4.78, 5) is 24.7. The summed E-state index contributed by atoms with van der Waals surface area (Å²) >= 11 is 1.18. The zero-order valence-electron chi connectivity index (χ0n) is 14.4. The maximum atomic E-state index is 12.4. The molecule has 0 radical (unpaired) electrons. The molecule has 1 amide bonds. The van der Waals surface area contributed by atoms with Crippen LogP contribution in [-0.4, -0.2) is 26.0 Å². The fourth-order valence-corrected chi connectivity index (χ4v) is 2.66. The number of amides is 1. The quantitative estimate of drug-likeness (QED) is 0.667. The summed E-state index contributed by atoms with van der Waals surface area (Å²) < 4.78 is 4.99. The van der Waals surface area contributed by atoms with Crippen molar-refractivity contribution in [3.8, 4) is 11.8 Å². The molecule has 0 unspecified atom stereocenters. The van der Waals surface area contributed by atoms with Crippen LogP contribution < -0.4 is 11.1 Å². The third-order valence-electron chi connectivity index (χ3n) is 3.32. The average Bonchev–Trinajstić information content (AvgIpc) is 3.23. The molecule has 0 saturated heterocycles. The number of nitrogen functional groups attached to an aromatic ring is 1. The fraction of sp³-hybridized carbons (Fsp3) is 0.235. The molecule has 26 heavy (non-hydrogen) atoms. The Morgan fingerprint density at radius 2 is 1.92 bits per heavy atom. The molecule has 0 bridgehead atoms. The van der Waals surface area contributed by atoms with Gasteiger partial charge in [-0.2, -0.15) is 0 Å². The van der Waals surface area contributed by atoms with E-state index in [1.807, 2.05) is 20.8 Å². The number of hydrogen-bond donors (Lipinski definition) is 2. The van der Waals surface area contributed by atoms with Gasteiger partial charge in [0.1, 0.15) is 11.1 Å². The van der Waals surface area contributed by atoms with Crippen molar-refractivity contribution in [1.82, 2.24) is 20.1 Å². The predicted octanol–water partition coefficient (Wildman–Crippen LogP) is 2.45. The molecule has 3 aromatic heterocycles. The molecule has 3 N–H and O–H groups in total. The first-order chi connectivity index (χ1) is 12.3. The Morgan fingerprint density at radius 3 is 2.62 bits per heavy atom. The van der Waals surface area contributed by atoms with Gasteiger partial charge in [0.15, 0.2) is 10.8 Å². The van der Waals surface area contributed by atoms with Crippen LogP contribution in [0.3, 0.4) is 0 Å². The van der Waals surface area contributed by atoms with Gasteiger partial charge in [0.2, 0.25) is 5.95 Å². The van der Waals surface area contributed by atoms with Crippen LogP contribution in [0.2, 0.25) is 0 Å². The second-order valence-electron chi connectivity index (χ2n) is 6.39. The standard InChI is InChI=1S/C17H16N6O2S/c1-17(2,3)11-9-25-23-14(11)22-15(24)12-8-19-13(26-12)5-4-10-6-20-16(18)21-7-10/h6-9H,1-3H3,(H2,18,20,21)(H,22,23,24). The van der Waals surface area contributed by atoms with Crippen molar-refractivity contribution in [3.63, 3.8) is 0 Å². The lowest BCUT2D eigenvalue weighted by Crippen LogP contribution is -2.17. The molecule has 0 atom stereocenters. The number of nitrogens with two attached hydrogens (primary N) is 1. The lowest BCUT2D eigenvalue weighted by atomic mass is 9.89. The van der Waals surface area contributed by atoms with Crippen molar-refractivity contribution in [2.45, 2.75) is 26.2 Å². The van der Waals surface area contributed by atoms with Crippen molar-refractivity contribution < 1.29 is 9.32 Å². The van der Waals surface area contributed by atoms with E-state index in [-0.39, 0.29) is 17.3 Å². The van der Waals surface area contributed by atoms with E-state index in [1.54, 1.807) is 0 Å². The summed E-state index contributed by atoms with van der Waals surface area (Å²) in [6.07, 6.45) is 6.05. The van der Waals surface area contributed by atoms with E-state index in [9.17, 15) is 4.79 Å². The van der Waals surface area contributed by atoms with Crippen LogP contribution in [-0.2, 0) is 5.41 Å². The Kier molecular flexibility index (Phi) is 4.69. The van der Waals surface area contributed by atoms with Gasteiger partial charge in [-0.05, 0) is 11.3 Å². The summed E-state index contributed by atoms with van der Waals surface area (Å²) in [5, 5.41) is 7.12. The summed E-state index contributed by atoms with van der Waals surface area (Å²) in [5.41, 5.74) is 6.65. The summed E-state index contributed by atoms with van der Waals surface area (Å²) in [6.45, 7) is 6.03. The lowest BCUT2D eigenvalue weighted by molar-refractivity contribution is 0.102. The molecule has 9 heteroatoms. The van der Waals surface area contributed by atoms with E-state index in [0.29, 0.717) is 21.3 Å². The van der Waals surface area contributed by atoms with Gasteiger partial charge in [-0.25, -0.2) is 15.0 Å². The molecule has 0 fully saturated rings. The van der Waals surface area contributed by atoms with E-state index < -0.39 is 0 Å². The molecule has 8 nitrogen and oxygen atoms in total. The van der Waals surface area contributed by atoms with Crippen molar-refractivity contribution >= 4 is 29.0 Å². The monoisotopic (exact) mass is 368 g/mol. The maximum Gasteiger partial charge on any atom is 0.268 e. The highest BCUT2D eigenvalue weighted by atomic mass is 32.1. The highest BCUT2D eigenvalue weighted by Crippen LogP contribution is 2.29. The zero-order valence-corrected chi connectivity index (χ0v) is 15.2. The minimum absolute atomic E-state index is 0.186. The van der Waals surface area contributed by atoms with Gasteiger partial charge in [-0.1, -0.05) is 31.8 Å². The fourth-order valence-electron chi connectivity index (χ4n) is 1.99. The van der Waals surface area contributed by atoms with Gasteiger partial charge in [-0.3, -0.25) is 4.79 Å². The van der Waals surface area contributed by atoms with Gasteiger partial charge < -0.3 is 15.6 Å². The molecule has 0 aliphatic heterocycles. The molecule has 3 aromatic rings. The Hall–Kier alpha value is -3.25. The minimum atomic E-state index is -0.314. The number of anilines is 2. The van der Waals surface area contributed by atoms with Crippen LogP contribution in [0.5, 0.6) is 0 Å². The van der Waals surface area contributed by atoms with E-state index in [2.05, 4.69) is 37.3 Å². The van der Waals surface area contributed by atoms with Gasteiger partial charge in [-0.15, -0.1) is 11.3 Å². The van der Waals surface area contributed by atoms with Crippen molar-refractivity contribution in [1.29, 1.82) is 0 Å². The van der Waals surface area contributed by atoms with E-state index in [0.717, 1.165) is 5.56 Å². The molecule has 0 aliphatic rings. The number of rotatable bonds is 2. The first-order valence-electron chi connectivity index (χ1n) is 7.64. The van der Waals surface area contributed by atoms with Crippen LogP contribution in [0.25, 0.3) is 0 Å². The molecule has 0 saturated carbocycles. The van der Waals surface area contributed by atoms with E-state index in [1.165, 1.54) is 36.2 Å². The first kappa shape index (κ1) is 17.6. The Morgan fingerprint density at radius 1 is 1.19 bits per heavy atom. The summed E-state index contributed by atoms with van der Waals surface area (Å²) in [7, 11) is 0. The van der Waals surface area contributed by atoms with Gasteiger partial charge in [0.05, 0.1) is 11.8 Å². The van der Waals surface area contributed by atoms with Crippen LogP contribution in [0.4, 0.5) is 11.8 Å². The van der Waals surface area contributed by atoms with Gasteiger partial charge in [0, 0.05) is 18.0 Å². The normalized spacial score (nSPS) is 10.9. The highest BCUT2D eigenvalue weighted by molar-refractivity contribution is 7.14. The van der Waals surface area contributed by atoms with Crippen molar-refractivity contribution in [2.75, 3.05) is 11.1 Å². The molecule has 3 rings (SSSR count). The number of hydrogen-bond acceptors (Lipinski definition) is 8. The molecular formula is C17H16N6O2S. The maximum absolute atomic E-state index is 12.4. The molecule has 0 aromatic carbocycles. The van der Waals surface area contributed by atoms with Crippen molar-refractivity contribution in [3.05, 3.63) is 45.9 Å². The second kappa shape index (κ2) is 6.93. The number of thiazole rings is 1. The van der Waals surface area contributed by atoms with Crippen LogP contribution >= 0.6 is 11.3 Å². The minimum Gasteiger partial charge on any atom is -0.368 e.